The van der Waals surface area contributed by atoms with Gasteiger partial charge >= 0.3 is 0 Å². The molecule has 1 aliphatic heterocycles. The first-order chi connectivity index (χ1) is 7.38. The minimum Gasteiger partial charge on any atom is -0.297 e. The Morgan fingerprint density at radius 1 is 1.33 bits per heavy atom. The molecule has 1 unspecified atom stereocenters. The molecular formula is C13H19N2. The molecule has 0 amide bonds. The van der Waals surface area contributed by atoms with Gasteiger partial charge in [-0.3, -0.25) is 4.90 Å². The van der Waals surface area contributed by atoms with Crippen molar-refractivity contribution in [1.29, 1.82) is 0 Å². The molecular weight excluding hydrogens is 184 g/mol. The Morgan fingerprint density at radius 2 is 2.13 bits per heavy atom. The number of likely N-dealkylation sites (N-methyl/N-ethyl adjacent to an activating group) is 1. The van der Waals surface area contributed by atoms with Crippen molar-refractivity contribution in [2.45, 2.75) is 25.4 Å². The van der Waals surface area contributed by atoms with E-state index >= 15 is 0 Å². The van der Waals surface area contributed by atoms with Crippen LogP contribution in [-0.4, -0.2) is 31.1 Å². The third-order valence-electron chi connectivity index (χ3n) is 3.09. The average molecular weight is 203 g/mol. The van der Waals surface area contributed by atoms with Crippen LogP contribution < -0.4 is 5.32 Å². The van der Waals surface area contributed by atoms with Gasteiger partial charge in [0.05, 0.1) is 0 Å². The summed E-state index contributed by atoms with van der Waals surface area (Å²) in [6.07, 6.45) is 2.55. The molecule has 0 aliphatic carbocycles. The second kappa shape index (κ2) is 5.29. The summed E-state index contributed by atoms with van der Waals surface area (Å²) in [4.78, 5) is 2.51. The molecule has 0 spiro atoms. The lowest BCUT2D eigenvalue weighted by atomic mass is 10.1. The number of likely N-dealkylation sites (tertiary alicyclic amines) is 1. The van der Waals surface area contributed by atoms with Gasteiger partial charge < -0.3 is 0 Å². The Bertz CT molecular complexity index is 284. The lowest BCUT2D eigenvalue weighted by Crippen LogP contribution is -2.41. The normalized spacial score (nSPS) is 22.9. The molecule has 1 atom stereocenters. The maximum atomic E-state index is 4.40. The quantitative estimate of drug-likeness (QED) is 0.733. The fourth-order valence-electron chi connectivity index (χ4n) is 2.23. The van der Waals surface area contributed by atoms with Crippen molar-refractivity contribution in [3.8, 4) is 0 Å². The molecule has 0 bridgehead atoms. The summed E-state index contributed by atoms with van der Waals surface area (Å²) in [5, 5.41) is 4.40. The van der Waals surface area contributed by atoms with Crippen LogP contribution in [0.3, 0.4) is 0 Å². The summed E-state index contributed by atoms with van der Waals surface area (Å²) in [6.45, 7) is 3.43. The predicted octanol–water partition coefficient (Wildman–Crippen LogP) is 1.89. The van der Waals surface area contributed by atoms with Crippen LogP contribution in [0, 0.1) is 0 Å². The van der Waals surface area contributed by atoms with E-state index in [1.54, 1.807) is 0 Å². The second-order valence-electron chi connectivity index (χ2n) is 4.27. The highest BCUT2D eigenvalue weighted by atomic mass is 15.2. The molecule has 2 rings (SSSR count). The standard InChI is InChI=1S/C13H19N2/c1-14-13-8-5-9-15(11-13)10-12-6-3-2-4-7-12/h2-4,6-7,13H,5,8-11H2,1H3. The summed E-state index contributed by atoms with van der Waals surface area (Å²) in [6, 6.07) is 11.3. The highest BCUT2D eigenvalue weighted by Gasteiger charge is 2.18. The fourth-order valence-corrected chi connectivity index (χ4v) is 2.23. The van der Waals surface area contributed by atoms with Gasteiger partial charge in [0.15, 0.2) is 0 Å². The van der Waals surface area contributed by atoms with Gasteiger partial charge in [-0.2, -0.15) is 0 Å². The van der Waals surface area contributed by atoms with Crippen LogP contribution >= 0.6 is 0 Å². The second-order valence-corrected chi connectivity index (χ2v) is 4.27. The van der Waals surface area contributed by atoms with Crippen molar-refractivity contribution < 1.29 is 0 Å². The van der Waals surface area contributed by atoms with E-state index in [2.05, 4.69) is 40.5 Å². The third kappa shape index (κ3) is 3.05. The zero-order valence-corrected chi connectivity index (χ0v) is 9.39. The minimum atomic E-state index is 0.558. The number of benzene rings is 1. The average Bonchev–Trinajstić information content (AvgIpc) is 2.31. The van der Waals surface area contributed by atoms with Gasteiger partial charge in [0.1, 0.15) is 0 Å². The van der Waals surface area contributed by atoms with Crippen LogP contribution in [0.2, 0.25) is 0 Å². The Hall–Kier alpha value is -0.860. The number of piperidine rings is 1. The molecule has 2 heteroatoms. The Morgan fingerprint density at radius 3 is 2.87 bits per heavy atom. The summed E-state index contributed by atoms with van der Waals surface area (Å²) in [5.41, 5.74) is 1.41. The molecule has 2 nitrogen and oxygen atoms in total. The van der Waals surface area contributed by atoms with Gasteiger partial charge in [0, 0.05) is 26.2 Å². The molecule has 0 N–H and O–H groups in total. The minimum absolute atomic E-state index is 0.558. The van der Waals surface area contributed by atoms with Gasteiger partial charge in [-0.15, -0.1) is 0 Å². The molecule has 1 aromatic rings. The molecule has 1 radical (unpaired) electrons. The highest BCUT2D eigenvalue weighted by molar-refractivity contribution is 5.14. The molecule has 15 heavy (non-hydrogen) atoms. The topological polar surface area (TPSA) is 17.3 Å². The Labute approximate surface area is 92.3 Å². The zero-order valence-electron chi connectivity index (χ0n) is 9.39. The Kier molecular flexibility index (Phi) is 3.75. The largest absolute Gasteiger partial charge is 0.297 e. The SMILES string of the molecule is C[N]C1CCCN(Cc2ccccc2)C1. The molecule has 0 aromatic heterocycles. The molecule has 1 fully saturated rings. The summed E-state index contributed by atoms with van der Waals surface area (Å²) in [5.74, 6) is 0. The van der Waals surface area contributed by atoms with Gasteiger partial charge in [-0.05, 0) is 24.9 Å². The molecule has 1 heterocycles. The van der Waals surface area contributed by atoms with Crippen molar-refractivity contribution in [3.05, 3.63) is 35.9 Å². The van der Waals surface area contributed by atoms with E-state index in [1.807, 2.05) is 7.05 Å². The van der Waals surface area contributed by atoms with Crippen LogP contribution in [0.4, 0.5) is 0 Å². The van der Waals surface area contributed by atoms with E-state index in [4.69, 9.17) is 0 Å². The van der Waals surface area contributed by atoms with Gasteiger partial charge in [-0.25, -0.2) is 5.32 Å². The monoisotopic (exact) mass is 203 g/mol. The maximum Gasteiger partial charge on any atom is 0.0370 e. The molecule has 1 saturated heterocycles. The van der Waals surface area contributed by atoms with E-state index in [0.717, 1.165) is 13.1 Å². The smallest absolute Gasteiger partial charge is 0.0370 e. The van der Waals surface area contributed by atoms with Crippen molar-refractivity contribution in [2.24, 2.45) is 0 Å². The van der Waals surface area contributed by atoms with Gasteiger partial charge in [-0.1, -0.05) is 30.3 Å². The Balaban J connectivity index is 1.89. The van der Waals surface area contributed by atoms with E-state index in [1.165, 1.54) is 24.9 Å². The molecule has 81 valence electrons. The van der Waals surface area contributed by atoms with E-state index in [0.29, 0.717) is 6.04 Å². The zero-order chi connectivity index (χ0) is 10.5. The summed E-state index contributed by atoms with van der Waals surface area (Å²) < 4.78 is 0. The van der Waals surface area contributed by atoms with Crippen LogP contribution in [-0.2, 0) is 6.54 Å². The van der Waals surface area contributed by atoms with E-state index in [-0.39, 0.29) is 0 Å². The number of hydrogen-bond acceptors (Lipinski definition) is 1. The summed E-state index contributed by atoms with van der Waals surface area (Å²) >= 11 is 0. The lowest BCUT2D eigenvalue weighted by molar-refractivity contribution is 0.186. The first-order valence-corrected chi connectivity index (χ1v) is 5.73. The van der Waals surface area contributed by atoms with Crippen molar-refractivity contribution >= 4 is 0 Å². The molecule has 1 aromatic carbocycles. The number of rotatable bonds is 3. The number of hydrogen-bond donors (Lipinski definition) is 0. The molecule has 0 saturated carbocycles. The van der Waals surface area contributed by atoms with Crippen LogP contribution in [0.15, 0.2) is 30.3 Å². The van der Waals surface area contributed by atoms with Gasteiger partial charge in [0.2, 0.25) is 0 Å². The van der Waals surface area contributed by atoms with Crippen LogP contribution in [0.1, 0.15) is 18.4 Å². The van der Waals surface area contributed by atoms with Crippen molar-refractivity contribution in [2.75, 3.05) is 20.1 Å². The third-order valence-corrected chi connectivity index (χ3v) is 3.09. The highest BCUT2D eigenvalue weighted by Crippen LogP contribution is 2.13. The summed E-state index contributed by atoms with van der Waals surface area (Å²) in [7, 11) is 1.94. The fraction of sp³-hybridized carbons (Fsp3) is 0.538. The van der Waals surface area contributed by atoms with Gasteiger partial charge in [0.25, 0.3) is 0 Å². The molecule has 1 aliphatic rings. The first-order valence-electron chi connectivity index (χ1n) is 5.73. The van der Waals surface area contributed by atoms with Crippen molar-refractivity contribution in [1.82, 2.24) is 10.2 Å². The van der Waals surface area contributed by atoms with E-state index < -0.39 is 0 Å². The van der Waals surface area contributed by atoms with E-state index in [9.17, 15) is 0 Å². The first kappa shape index (κ1) is 10.7. The maximum absolute atomic E-state index is 4.40. The van der Waals surface area contributed by atoms with Crippen LogP contribution in [0.5, 0.6) is 0 Å². The van der Waals surface area contributed by atoms with Crippen LogP contribution in [0.25, 0.3) is 0 Å². The predicted molar refractivity (Wildman–Crippen MR) is 62.8 cm³/mol. The van der Waals surface area contributed by atoms with Crippen molar-refractivity contribution in [3.63, 3.8) is 0 Å². The lowest BCUT2D eigenvalue weighted by Gasteiger charge is -2.31. The number of nitrogens with zero attached hydrogens (tertiary/aromatic N) is 2.